The Morgan fingerprint density at radius 2 is 2.17 bits per heavy atom. The van der Waals surface area contributed by atoms with Crippen LogP contribution in [-0.4, -0.2) is 30.0 Å². The molecule has 2 N–H and O–H groups in total. The fourth-order valence-electron chi connectivity index (χ4n) is 2.53. The van der Waals surface area contributed by atoms with Crippen LogP contribution in [0.25, 0.3) is 0 Å². The Labute approximate surface area is 107 Å². The summed E-state index contributed by atoms with van der Waals surface area (Å²) >= 11 is 0. The zero-order valence-corrected chi connectivity index (χ0v) is 11.0. The summed E-state index contributed by atoms with van der Waals surface area (Å²) in [5, 5.41) is 8.85. The number of phenols is 1. The van der Waals surface area contributed by atoms with Gasteiger partial charge >= 0.3 is 0 Å². The Balaban J connectivity index is 2.47. The van der Waals surface area contributed by atoms with Crippen LogP contribution in [0, 0.1) is 0 Å². The van der Waals surface area contributed by atoms with Gasteiger partial charge in [-0.05, 0) is 31.4 Å². The molecule has 18 heavy (non-hydrogen) atoms. The maximum absolute atomic E-state index is 11.4. The van der Waals surface area contributed by atoms with Gasteiger partial charge in [0, 0.05) is 17.8 Å². The van der Waals surface area contributed by atoms with Crippen molar-refractivity contribution in [1.82, 2.24) is 0 Å². The molecule has 0 spiro atoms. The summed E-state index contributed by atoms with van der Waals surface area (Å²) in [5.74, 6) is 0.183. The predicted molar refractivity (Wildman–Crippen MR) is 69.4 cm³/mol. The van der Waals surface area contributed by atoms with Gasteiger partial charge in [0.15, 0.2) is 5.37 Å². The van der Waals surface area contributed by atoms with Crippen molar-refractivity contribution in [3.8, 4) is 5.75 Å². The SMILES string of the molecule is CCC(N1CCCc2c(O)cccc21)S(=O)(=O)O. The first-order valence-corrected chi connectivity index (χ1v) is 7.49. The van der Waals surface area contributed by atoms with Crippen LogP contribution in [0.2, 0.25) is 0 Å². The van der Waals surface area contributed by atoms with Crippen molar-refractivity contribution in [2.24, 2.45) is 0 Å². The van der Waals surface area contributed by atoms with Gasteiger partial charge in [-0.25, -0.2) is 0 Å². The van der Waals surface area contributed by atoms with Gasteiger partial charge in [0.2, 0.25) is 0 Å². The lowest BCUT2D eigenvalue weighted by atomic mass is 10.0. The van der Waals surface area contributed by atoms with Crippen molar-refractivity contribution in [3.63, 3.8) is 0 Å². The highest BCUT2D eigenvalue weighted by atomic mass is 32.2. The summed E-state index contributed by atoms with van der Waals surface area (Å²) < 4.78 is 32.1. The van der Waals surface area contributed by atoms with Gasteiger partial charge in [-0.1, -0.05) is 13.0 Å². The van der Waals surface area contributed by atoms with E-state index >= 15 is 0 Å². The molecule has 1 atom stereocenters. The molecule has 1 aromatic rings. The van der Waals surface area contributed by atoms with Gasteiger partial charge in [-0.2, -0.15) is 8.42 Å². The molecule has 0 bridgehead atoms. The minimum absolute atomic E-state index is 0.183. The third-order valence-electron chi connectivity index (χ3n) is 3.30. The quantitative estimate of drug-likeness (QED) is 0.819. The fourth-order valence-corrected chi connectivity index (χ4v) is 3.49. The Bertz CT molecular complexity index is 541. The Morgan fingerprint density at radius 1 is 1.44 bits per heavy atom. The third-order valence-corrected chi connectivity index (χ3v) is 4.58. The van der Waals surface area contributed by atoms with E-state index < -0.39 is 15.5 Å². The number of hydrogen-bond acceptors (Lipinski definition) is 4. The molecular weight excluding hydrogens is 254 g/mol. The summed E-state index contributed by atoms with van der Waals surface area (Å²) in [4.78, 5) is 1.66. The monoisotopic (exact) mass is 271 g/mol. The molecule has 1 heterocycles. The first kappa shape index (κ1) is 13.2. The number of anilines is 1. The van der Waals surface area contributed by atoms with Crippen LogP contribution in [0.5, 0.6) is 5.75 Å². The summed E-state index contributed by atoms with van der Waals surface area (Å²) in [5.41, 5.74) is 1.46. The average molecular weight is 271 g/mol. The Hall–Kier alpha value is -1.27. The standard InChI is InChI=1S/C12H17NO4S/c1-2-12(18(15,16)17)13-8-4-5-9-10(13)6-3-7-11(9)14/h3,6-7,12,14H,2,4-5,8H2,1H3,(H,15,16,17). The third kappa shape index (κ3) is 2.30. The Kier molecular flexibility index (Phi) is 3.49. The van der Waals surface area contributed by atoms with Crippen molar-refractivity contribution < 1.29 is 18.1 Å². The molecule has 6 heteroatoms. The number of benzene rings is 1. The molecule has 1 unspecified atom stereocenters. The van der Waals surface area contributed by atoms with Crippen LogP contribution in [0.4, 0.5) is 5.69 Å². The first-order valence-electron chi connectivity index (χ1n) is 5.99. The number of nitrogens with zero attached hydrogens (tertiary/aromatic N) is 1. The van der Waals surface area contributed by atoms with E-state index in [4.69, 9.17) is 0 Å². The van der Waals surface area contributed by atoms with E-state index in [-0.39, 0.29) is 5.75 Å². The van der Waals surface area contributed by atoms with Crippen molar-refractivity contribution >= 4 is 15.8 Å². The normalized spacial score (nSPS) is 17.3. The van der Waals surface area contributed by atoms with E-state index in [1.807, 2.05) is 0 Å². The number of aromatic hydroxyl groups is 1. The smallest absolute Gasteiger partial charge is 0.286 e. The predicted octanol–water partition coefficient (Wildman–Crippen LogP) is 1.77. The molecule has 1 aliphatic heterocycles. The zero-order valence-electron chi connectivity index (χ0n) is 10.2. The minimum Gasteiger partial charge on any atom is -0.508 e. The molecule has 0 amide bonds. The molecule has 0 aromatic heterocycles. The van der Waals surface area contributed by atoms with Gasteiger partial charge < -0.3 is 10.0 Å². The van der Waals surface area contributed by atoms with Gasteiger partial charge in [0.1, 0.15) is 5.75 Å². The van der Waals surface area contributed by atoms with E-state index in [2.05, 4.69) is 0 Å². The molecule has 0 saturated heterocycles. The van der Waals surface area contributed by atoms with Gasteiger partial charge in [0.25, 0.3) is 10.1 Å². The minimum atomic E-state index is -4.13. The zero-order chi connectivity index (χ0) is 13.3. The number of rotatable bonds is 3. The van der Waals surface area contributed by atoms with E-state index in [9.17, 15) is 18.1 Å². The fraction of sp³-hybridized carbons (Fsp3) is 0.500. The Morgan fingerprint density at radius 3 is 2.78 bits per heavy atom. The van der Waals surface area contributed by atoms with Crippen LogP contribution in [0.3, 0.4) is 0 Å². The molecule has 1 aliphatic rings. The molecule has 0 aliphatic carbocycles. The highest BCUT2D eigenvalue weighted by molar-refractivity contribution is 7.86. The van der Waals surface area contributed by atoms with Crippen molar-refractivity contribution in [3.05, 3.63) is 23.8 Å². The van der Waals surface area contributed by atoms with Gasteiger partial charge in [-0.15, -0.1) is 0 Å². The van der Waals surface area contributed by atoms with Crippen LogP contribution in [-0.2, 0) is 16.5 Å². The van der Waals surface area contributed by atoms with Crippen LogP contribution in [0.1, 0.15) is 25.3 Å². The number of hydrogen-bond donors (Lipinski definition) is 2. The summed E-state index contributed by atoms with van der Waals surface area (Å²) in [6.07, 6.45) is 1.78. The molecule has 5 nitrogen and oxygen atoms in total. The second-order valence-corrected chi connectivity index (χ2v) is 6.02. The topological polar surface area (TPSA) is 77.8 Å². The lowest BCUT2D eigenvalue weighted by molar-refractivity contribution is 0.449. The average Bonchev–Trinajstić information content (AvgIpc) is 2.29. The van der Waals surface area contributed by atoms with E-state index in [0.717, 1.165) is 18.4 Å². The molecule has 2 rings (SSSR count). The van der Waals surface area contributed by atoms with Crippen molar-refractivity contribution in [1.29, 1.82) is 0 Å². The van der Waals surface area contributed by atoms with Crippen LogP contribution < -0.4 is 4.90 Å². The molecule has 0 radical (unpaired) electrons. The molecule has 0 fully saturated rings. The van der Waals surface area contributed by atoms with E-state index in [1.165, 1.54) is 0 Å². The molecule has 100 valence electrons. The lowest BCUT2D eigenvalue weighted by Crippen LogP contribution is -2.43. The summed E-state index contributed by atoms with van der Waals surface area (Å²) in [7, 11) is -4.13. The number of fused-ring (bicyclic) bond motifs is 1. The lowest BCUT2D eigenvalue weighted by Gasteiger charge is -2.36. The highest BCUT2D eigenvalue weighted by Crippen LogP contribution is 2.35. The first-order chi connectivity index (χ1) is 8.45. The van der Waals surface area contributed by atoms with Crippen LogP contribution >= 0.6 is 0 Å². The van der Waals surface area contributed by atoms with E-state index in [0.29, 0.717) is 18.7 Å². The number of phenolic OH excluding ortho intramolecular Hbond substituents is 1. The van der Waals surface area contributed by atoms with Gasteiger partial charge in [-0.3, -0.25) is 4.55 Å². The van der Waals surface area contributed by atoms with E-state index in [1.54, 1.807) is 30.0 Å². The summed E-state index contributed by atoms with van der Waals surface area (Å²) in [6, 6.07) is 5.06. The molecule has 1 aromatic carbocycles. The second kappa shape index (κ2) is 4.78. The largest absolute Gasteiger partial charge is 0.508 e. The van der Waals surface area contributed by atoms with Gasteiger partial charge in [0.05, 0.1) is 0 Å². The van der Waals surface area contributed by atoms with Crippen molar-refractivity contribution in [2.45, 2.75) is 31.6 Å². The maximum atomic E-state index is 11.4. The highest BCUT2D eigenvalue weighted by Gasteiger charge is 2.32. The second-order valence-electron chi connectivity index (χ2n) is 4.45. The van der Waals surface area contributed by atoms with Crippen molar-refractivity contribution in [2.75, 3.05) is 11.4 Å². The van der Waals surface area contributed by atoms with Crippen LogP contribution in [0.15, 0.2) is 18.2 Å². The molecule has 0 saturated carbocycles. The maximum Gasteiger partial charge on any atom is 0.286 e. The molecular formula is C12H17NO4S. The summed E-state index contributed by atoms with van der Waals surface area (Å²) in [6.45, 7) is 2.28.